The summed E-state index contributed by atoms with van der Waals surface area (Å²) in [5, 5.41) is 5.88. The second kappa shape index (κ2) is 6.33. The molecule has 0 spiro atoms. The predicted octanol–water partition coefficient (Wildman–Crippen LogP) is 2.93. The van der Waals surface area contributed by atoms with Crippen molar-refractivity contribution in [3.8, 4) is 0 Å². The Balaban J connectivity index is 1.78. The van der Waals surface area contributed by atoms with E-state index in [0.29, 0.717) is 0 Å². The zero-order valence-electron chi connectivity index (χ0n) is 10.5. The normalized spacial score (nSPS) is 25.0. The first-order chi connectivity index (χ1) is 8.16. The lowest BCUT2D eigenvalue weighted by Crippen LogP contribution is -2.37. The van der Waals surface area contributed by atoms with E-state index < -0.39 is 7.67 Å². The van der Waals surface area contributed by atoms with Gasteiger partial charge < -0.3 is 4.89 Å². The van der Waals surface area contributed by atoms with Gasteiger partial charge in [-0.15, -0.1) is 0 Å². The third-order valence-corrected chi connectivity index (χ3v) is 5.36. The number of rotatable bonds is 4. The van der Waals surface area contributed by atoms with Gasteiger partial charge in [-0.2, -0.15) is 0 Å². The molecule has 2 aliphatic rings. The molecule has 0 aromatic carbocycles. The Labute approximate surface area is 104 Å². The second-order valence-corrected chi connectivity index (χ2v) is 7.17. The van der Waals surface area contributed by atoms with Gasteiger partial charge >= 0.3 is 7.67 Å². The number of hydrogen-bond acceptors (Lipinski definition) is 1. The maximum absolute atomic E-state index is 12.1. The van der Waals surface area contributed by atoms with Crippen molar-refractivity contribution in [1.29, 1.82) is 0 Å². The molecule has 2 rings (SSSR count). The monoisotopic (exact) mass is 260 g/mol. The molecule has 0 aromatic heterocycles. The van der Waals surface area contributed by atoms with Crippen LogP contribution in [0.4, 0.5) is 0 Å². The van der Waals surface area contributed by atoms with E-state index in [1.807, 2.05) is 0 Å². The smallest absolute Gasteiger partial charge is 0.322 e. The van der Waals surface area contributed by atoms with Crippen molar-refractivity contribution in [2.75, 3.05) is 0 Å². The standard InChI is InChI=1S/C12H25N2O2P/c15-17(16,13-11-7-3-1-4-8-11)14-12-9-5-2-6-10-12/h11-12H,1-10H2,(H3,13,14,15,16). The first-order valence-corrected chi connectivity index (χ1v) is 8.70. The molecule has 3 N–H and O–H groups in total. The molecule has 0 saturated heterocycles. The van der Waals surface area contributed by atoms with Crippen molar-refractivity contribution in [3.05, 3.63) is 0 Å². The van der Waals surface area contributed by atoms with Gasteiger partial charge in [-0.25, -0.2) is 10.2 Å². The summed E-state index contributed by atoms with van der Waals surface area (Å²) in [6, 6.07) is 0.464. The van der Waals surface area contributed by atoms with E-state index in [1.165, 1.54) is 38.5 Å². The lowest BCUT2D eigenvalue weighted by atomic mass is 9.96. The van der Waals surface area contributed by atoms with Crippen LogP contribution < -0.4 is 10.2 Å². The van der Waals surface area contributed by atoms with Gasteiger partial charge in [0.25, 0.3) is 0 Å². The highest BCUT2D eigenvalue weighted by Gasteiger charge is 2.27. The Morgan fingerprint density at radius 1 is 0.765 bits per heavy atom. The van der Waals surface area contributed by atoms with Crippen LogP contribution in [0.1, 0.15) is 64.2 Å². The summed E-state index contributed by atoms with van der Waals surface area (Å²) < 4.78 is 12.1. The number of nitrogens with one attached hydrogen (secondary N) is 2. The summed E-state index contributed by atoms with van der Waals surface area (Å²) >= 11 is 0. The number of hydrogen-bond donors (Lipinski definition) is 3. The Hall–Kier alpha value is 0.110. The summed E-state index contributed by atoms with van der Waals surface area (Å²) in [5.41, 5.74) is 0. The van der Waals surface area contributed by atoms with Gasteiger partial charge in [-0.1, -0.05) is 38.5 Å². The molecule has 0 aliphatic heterocycles. The SMILES string of the molecule is O=P(O)(NC1CCCCC1)NC1CCCCC1. The van der Waals surface area contributed by atoms with E-state index in [0.717, 1.165) is 25.7 Å². The zero-order valence-corrected chi connectivity index (χ0v) is 11.4. The van der Waals surface area contributed by atoms with Crippen LogP contribution in [-0.4, -0.2) is 17.0 Å². The minimum absolute atomic E-state index is 0.232. The molecule has 0 radical (unpaired) electrons. The molecule has 0 heterocycles. The van der Waals surface area contributed by atoms with E-state index >= 15 is 0 Å². The summed E-state index contributed by atoms with van der Waals surface area (Å²) in [7, 11) is -3.33. The molecule has 4 nitrogen and oxygen atoms in total. The predicted molar refractivity (Wildman–Crippen MR) is 69.8 cm³/mol. The summed E-state index contributed by atoms with van der Waals surface area (Å²) in [4.78, 5) is 9.95. The molecule has 0 unspecified atom stereocenters. The van der Waals surface area contributed by atoms with Gasteiger partial charge in [-0.3, -0.25) is 4.57 Å². The first-order valence-electron chi connectivity index (χ1n) is 7.04. The van der Waals surface area contributed by atoms with Crippen LogP contribution in [0.3, 0.4) is 0 Å². The van der Waals surface area contributed by atoms with Crippen LogP contribution in [0.5, 0.6) is 0 Å². The summed E-state index contributed by atoms with van der Waals surface area (Å²) in [5.74, 6) is 0. The third kappa shape index (κ3) is 4.70. The quantitative estimate of drug-likeness (QED) is 0.680. The van der Waals surface area contributed by atoms with Crippen LogP contribution in [0.2, 0.25) is 0 Å². The minimum atomic E-state index is -3.33. The van der Waals surface area contributed by atoms with Crippen LogP contribution in [0, 0.1) is 0 Å². The molecule has 5 heteroatoms. The lowest BCUT2D eigenvalue weighted by Gasteiger charge is -2.29. The van der Waals surface area contributed by atoms with Crippen molar-refractivity contribution < 1.29 is 9.46 Å². The van der Waals surface area contributed by atoms with E-state index in [-0.39, 0.29) is 12.1 Å². The van der Waals surface area contributed by atoms with Gasteiger partial charge in [0, 0.05) is 12.1 Å². The highest BCUT2D eigenvalue weighted by Crippen LogP contribution is 2.36. The molecule has 0 aromatic rings. The Morgan fingerprint density at radius 3 is 1.47 bits per heavy atom. The molecule has 100 valence electrons. The highest BCUT2D eigenvalue weighted by atomic mass is 31.2. The van der Waals surface area contributed by atoms with Crippen LogP contribution in [0.15, 0.2) is 0 Å². The van der Waals surface area contributed by atoms with Gasteiger partial charge in [-0.05, 0) is 25.7 Å². The molecule has 0 atom stereocenters. The topological polar surface area (TPSA) is 61.4 Å². The average molecular weight is 260 g/mol. The zero-order chi connectivity index (χ0) is 12.1. The summed E-state index contributed by atoms with van der Waals surface area (Å²) in [6.07, 6.45) is 11.4. The van der Waals surface area contributed by atoms with E-state index in [9.17, 15) is 9.46 Å². The lowest BCUT2D eigenvalue weighted by molar-refractivity contribution is 0.354. The molecule has 2 aliphatic carbocycles. The molecule has 2 fully saturated rings. The fourth-order valence-electron chi connectivity index (χ4n) is 3.00. The average Bonchev–Trinajstić information content (AvgIpc) is 2.30. The van der Waals surface area contributed by atoms with Gasteiger partial charge in [0.15, 0.2) is 0 Å². The maximum Gasteiger partial charge on any atom is 0.338 e. The van der Waals surface area contributed by atoms with Gasteiger partial charge in [0.2, 0.25) is 0 Å². The third-order valence-electron chi connectivity index (χ3n) is 3.93. The molecule has 17 heavy (non-hydrogen) atoms. The Kier molecular flexibility index (Phi) is 5.04. The first kappa shape index (κ1) is 13.5. The molecule has 2 saturated carbocycles. The fraction of sp³-hybridized carbons (Fsp3) is 1.00. The van der Waals surface area contributed by atoms with Crippen LogP contribution in [0.25, 0.3) is 0 Å². The van der Waals surface area contributed by atoms with E-state index in [2.05, 4.69) is 10.2 Å². The van der Waals surface area contributed by atoms with Crippen molar-refractivity contribution >= 4 is 7.67 Å². The van der Waals surface area contributed by atoms with E-state index in [1.54, 1.807) is 0 Å². The molecule has 0 amide bonds. The largest absolute Gasteiger partial charge is 0.338 e. The maximum atomic E-state index is 12.1. The van der Waals surface area contributed by atoms with Gasteiger partial charge in [0.1, 0.15) is 0 Å². The molecule has 0 bridgehead atoms. The van der Waals surface area contributed by atoms with Crippen molar-refractivity contribution in [1.82, 2.24) is 10.2 Å². The molecular weight excluding hydrogens is 235 g/mol. The van der Waals surface area contributed by atoms with Crippen molar-refractivity contribution in [2.24, 2.45) is 0 Å². The Bertz CT molecular complexity index is 250. The highest BCUT2D eigenvalue weighted by molar-refractivity contribution is 7.53. The van der Waals surface area contributed by atoms with Crippen LogP contribution in [-0.2, 0) is 4.57 Å². The molecular formula is C12H25N2O2P. The fourth-order valence-corrected chi connectivity index (χ4v) is 4.58. The summed E-state index contributed by atoms with van der Waals surface area (Å²) in [6.45, 7) is 0. The van der Waals surface area contributed by atoms with E-state index in [4.69, 9.17) is 0 Å². The second-order valence-electron chi connectivity index (χ2n) is 5.50. The van der Waals surface area contributed by atoms with Gasteiger partial charge in [0.05, 0.1) is 0 Å². The Morgan fingerprint density at radius 2 is 1.12 bits per heavy atom. The van der Waals surface area contributed by atoms with Crippen LogP contribution >= 0.6 is 7.67 Å². The van der Waals surface area contributed by atoms with Crippen molar-refractivity contribution in [2.45, 2.75) is 76.3 Å². The van der Waals surface area contributed by atoms with Crippen molar-refractivity contribution in [3.63, 3.8) is 0 Å². The minimum Gasteiger partial charge on any atom is -0.322 e.